The number of hydrogen-bond acceptors (Lipinski definition) is 3. The standard InChI is InChI=1S/C16H24N2O.2ClH/c17-15-6-8-16(9-7-15)13-18(10-11-19-16)12-14-4-2-1-3-5-14;;/h1-5,15H,6-13,17H2;2*1H. The Morgan fingerprint density at radius 3 is 2.48 bits per heavy atom. The third-order valence-electron chi connectivity index (χ3n) is 4.52. The smallest absolute Gasteiger partial charge is 0.0810 e. The summed E-state index contributed by atoms with van der Waals surface area (Å²) in [5.74, 6) is 0. The topological polar surface area (TPSA) is 38.5 Å². The van der Waals surface area contributed by atoms with Gasteiger partial charge in [-0.2, -0.15) is 0 Å². The number of halogens is 2. The fourth-order valence-corrected chi connectivity index (χ4v) is 3.37. The van der Waals surface area contributed by atoms with Crippen LogP contribution in [0.1, 0.15) is 31.2 Å². The van der Waals surface area contributed by atoms with Crippen LogP contribution in [0.3, 0.4) is 0 Å². The molecule has 1 aromatic rings. The van der Waals surface area contributed by atoms with Crippen molar-refractivity contribution in [1.29, 1.82) is 0 Å². The van der Waals surface area contributed by atoms with Crippen LogP contribution in [0.25, 0.3) is 0 Å². The van der Waals surface area contributed by atoms with Gasteiger partial charge >= 0.3 is 0 Å². The predicted octanol–water partition coefficient (Wildman–Crippen LogP) is 3.00. The van der Waals surface area contributed by atoms with E-state index < -0.39 is 0 Å². The maximum Gasteiger partial charge on any atom is 0.0810 e. The van der Waals surface area contributed by atoms with Gasteiger partial charge in [-0.1, -0.05) is 30.3 Å². The Kier molecular flexibility index (Phi) is 7.45. The summed E-state index contributed by atoms with van der Waals surface area (Å²) >= 11 is 0. The maximum atomic E-state index is 6.13. The van der Waals surface area contributed by atoms with Crippen molar-refractivity contribution >= 4 is 24.8 Å². The number of rotatable bonds is 2. The van der Waals surface area contributed by atoms with E-state index in [-0.39, 0.29) is 30.4 Å². The monoisotopic (exact) mass is 332 g/mol. The van der Waals surface area contributed by atoms with Crippen LogP contribution in [-0.2, 0) is 11.3 Å². The van der Waals surface area contributed by atoms with Gasteiger partial charge in [0.2, 0.25) is 0 Å². The Bertz CT molecular complexity index is 408. The summed E-state index contributed by atoms with van der Waals surface area (Å²) in [6.07, 6.45) is 4.47. The minimum absolute atomic E-state index is 0. The quantitative estimate of drug-likeness (QED) is 0.904. The van der Waals surface area contributed by atoms with Crippen LogP contribution in [0.15, 0.2) is 30.3 Å². The van der Waals surface area contributed by atoms with Gasteiger partial charge in [0.05, 0.1) is 12.2 Å². The molecule has 2 aliphatic rings. The Morgan fingerprint density at radius 2 is 1.81 bits per heavy atom. The molecule has 21 heavy (non-hydrogen) atoms. The van der Waals surface area contributed by atoms with E-state index in [4.69, 9.17) is 10.5 Å². The van der Waals surface area contributed by atoms with Crippen molar-refractivity contribution in [2.24, 2.45) is 5.73 Å². The highest BCUT2D eigenvalue weighted by atomic mass is 35.5. The van der Waals surface area contributed by atoms with Gasteiger partial charge < -0.3 is 10.5 Å². The average molecular weight is 333 g/mol. The first kappa shape index (κ1) is 18.7. The van der Waals surface area contributed by atoms with E-state index in [1.54, 1.807) is 0 Å². The molecule has 3 nitrogen and oxygen atoms in total. The molecule has 1 heterocycles. The van der Waals surface area contributed by atoms with E-state index in [9.17, 15) is 0 Å². The normalized spacial score (nSPS) is 29.5. The molecule has 1 spiro atoms. The number of hydrogen-bond donors (Lipinski definition) is 1. The van der Waals surface area contributed by atoms with Crippen molar-refractivity contribution in [3.63, 3.8) is 0 Å². The molecule has 1 aromatic carbocycles. The Labute approximate surface area is 140 Å². The molecule has 1 aliphatic heterocycles. The molecule has 1 aliphatic carbocycles. The van der Waals surface area contributed by atoms with Crippen LogP contribution in [0.4, 0.5) is 0 Å². The minimum atomic E-state index is 0. The van der Waals surface area contributed by atoms with E-state index in [0.29, 0.717) is 6.04 Å². The van der Waals surface area contributed by atoms with Crippen molar-refractivity contribution < 1.29 is 4.74 Å². The van der Waals surface area contributed by atoms with Crippen molar-refractivity contribution in [2.45, 2.75) is 43.9 Å². The van der Waals surface area contributed by atoms with Gasteiger partial charge in [-0.15, -0.1) is 24.8 Å². The lowest BCUT2D eigenvalue weighted by Crippen LogP contribution is -2.54. The number of ether oxygens (including phenoxy) is 1. The number of nitrogens with two attached hydrogens (primary N) is 1. The van der Waals surface area contributed by atoms with Gasteiger partial charge in [-0.25, -0.2) is 0 Å². The van der Waals surface area contributed by atoms with E-state index in [1.807, 2.05) is 0 Å². The molecule has 0 bridgehead atoms. The number of nitrogens with zero attached hydrogens (tertiary/aromatic N) is 1. The Hall–Kier alpha value is -0.320. The summed E-state index contributed by atoms with van der Waals surface area (Å²) in [5.41, 5.74) is 7.50. The van der Waals surface area contributed by atoms with Gasteiger partial charge in [0.15, 0.2) is 0 Å². The number of benzene rings is 1. The minimum Gasteiger partial charge on any atom is -0.372 e. The second-order valence-corrected chi connectivity index (χ2v) is 6.07. The van der Waals surface area contributed by atoms with Gasteiger partial charge in [-0.05, 0) is 31.2 Å². The van der Waals surface area contributed by atoms with Crippen LogP contribution in [0.2, 0.25) is 0 Å². The largest absolute Gasteiger partial charge is 0.372 e. The molecule has 2 fully saturated rings. The first-order chi connectivity index (χ1) is 9.26. The van der Waals surface area contributed by atoms with Crippen molar-refractivity contribution in [3.8, 4) is 0 Å². The van der Waals surface area contributed by atoms with Crippen LogP contribution >= 0.6 is 24.8 Å². The molecule has 0 radical (unpaired) electrons. The summed E-state index contributed by atoms with van der Waals surface area (Å²) in [7, 11) is 0. The summed E-state index contributed by atoms with van der Waals surface area (Å²) in [6, 6.07) is 11.1. The van der Waals surface area contributed by atoms with E-state index >= 15 is 0 Å². The van der Waals surface area contributed by atoms with Crippen LogP contribution in [-0.4, -0.2) is 36.2 Å². The molecule has 0 amide bonds. The molecule has 5 heteroatoms. The first-order valence-electron chi connectivity index (χ1n) is 7.42. The summed E-state index contributed by atoms with van der Waals surface area (Å²) in [6.45, 7) is 4.01. The number of morpholine rings is 1. The fourth-order valence-electron chi connectivity index (χ4n) is 3.37. The zero-order valence-electron chi connectivity index (χ0n) is 12.4. The highest BCUT2D eigenvalue weighted by Crippen LogP contribution is 2.34. The second kappa shape index (κ2) is 8.35. The van der Waals surface area contributed by atoms with Gasteiger partial charge in [0, 0.05) is 25.7 Å². The van der Waals surface area contributed by atoms with Crippen LogP contribution in [0, 0.1) is 0 Å². The molecule has 0 aromatic heterocycles. The zero-order valence-corrected chi connectivity index (χ0v) is 14.0. The predicted molar refractivity (Wildman–Crippen MR) is 91.3 cm³/mol. The van der Waals surface area contributed by atoms with E-state index in [2.05, 4.69) is 35.2 Å². The molecule has 2 N–H and O–H groups in total. The molecule has 1 saturated carbocycles. The molecule has 3 rings (SSSR count). The van der Waals surface area contributed by atoms with Crippen molar-refractivity contribution in [1.82, 2.24) is 4.90 Å². The molecular weight excluding hydrogens is 307 g/mol. The Balaban J connectivity index is 0.00000110. The van der Waals surface area contributed by atoms with E-state index in [0.717, 1.165) is 51.9 Å². The zero-order chi connectivity index (χ0) is 13.1. The van der Waals surface area contributed by atoms with Crippen molar-refractivity contribution in [3.05, 3.63) is 35.9 Å². The lowest BCUT2D eigenvalue weighted by atomic mass is 9.81. The summed E-state index contributed by atoms with van der Waals surface area (Å²) in [4.78, 5) is 2.54. The second-order valence-electron chi connectivity index (χ2n) is 6.07. The lowest BCUT2D eigenvalue weighted by Gasteiger charge is -2.46. The fraction of sp³-hybridized carbons (Fsp3) is 0.625. The molecule has 0 unspecified atom stereocenters. The van der Waals surface area contributed by atoms with Gasteiger partial charge in [0.25, 0.3) is 0 Å². The SMILES string of the molecule is Cl.Cl.NC1CCC2(CC1)CN(Cc1ccccc1)CCO2. The van der Waals surface area contributed by atoms with Gasteiger partial charge in [-0.3, -0.25) is 4.90 Å². The third-order valence-corrected chi connectivity index (χ3v) is 4.52. The maximum absolute atomic E-state index is 6.13. The highest BCUT2D eigenvalue weighted by Gasteiger charge is 2.39. The summed E-state index contributed by atoms with van der Waals surface area (Å²) in [5, 5.41) is 0. The Morgan fingerprint density at radius 1 is 1.14 bits per heavy atom. The first-order valence-corrected chi connectivity index (χ1v) is 7.42. The van der Waals surface area contributed by atoms with Gasteiger partial charge in [0.1, 0.15) is 0 Å². The lowest BCUT2D eigenvalue weighted by molar-refractivity contribution is -0.130. The average Bonchev–Trinajstić information content (AvgIpc) is 2.44. The highest BCUT2D eigenvalue weighted by molar-refractivity contribution is 5.85. The van der Waals surface area contributed by atoms with Crippen LogP contribution in [0.5, 0.6) is 0 Å². The van der Waals surface area contributed by atoms with Crippen molar-refractivity contribution in [2.75, 3.05) is 19.7 Å². The van der Waals surface area contributed by atoms with E-state index in [1.165, 1.54) is 5.56 Å². The molecule has 120 valence electrons. The van der Waals surface area contributed by atoms with Crippen LogP contribution < -0.4 is 5.73 Å². The summed E-state index contributed by atoms with van der Waals surface area (Å²) < 4.78 is 6.13. The third kappa shape index (κ3) is 4.83. The molecule has 0 atom stereocenters. The molecular formula is C16H26Cl2N2O. The molecule has 1 saturated heterocycles.